The largest absolute Gasteiger partial charge is 0.396 e. The van der Waals surface area contributed by atoms with Gasteiger partial charge in [-0.15, -0.1) is 11.3 Å². The highest BCUT2D eigenvalue weighted by Crippen LogP contribution is 2.13. The Balaban J connectivity index is 2.24. The Labute approximate surface area is 95.6 Å². The summed E-state index contributed by atoms with van der Waals surface area (Å²) in [5, 5.41) is 13.3. The van der Waals surface area contributed by atoms with Gasteiger partial charge in [-0.1, -0.05) is 6.92 Å². The minimum atomic E-state index is 0.281. The number of aryl methyl sites for hydroxylation is 1. The molecule has 0 aliphatic heterocycles. The lowest BCUT2D eigenvalue weighted by atomic mass is 10.2. The Bertz CT molecular complexity index is 275. The first-order chi connectivity index (χ1) is 7.26. The summed E-state index contributed by atoms with van der Waals surface area (Å²) in [4.78, 5) is 5.69. The van der Waals surface area contributed by atoms with Gasteiger partial charge in [0, 0.05) is 30.3 Å². The molecule has 0 amide bonds. The first kappa shape index (κ1) is 12.6. The van der Waals surface area contributed by atoms with E-state index in [1.807, 2.05) is 6.20 Å². The summed E-state index contributed by atoms with van der Waals surface area (Å²) in [5.41, 5.74) is 0. The molecular formula is C11H20N2OS. The summed E-state index contributed by atoms with van der Waals surface area (Å²) in [5.74, 6) is 0. The second kappa shape index (κ2) is 6.93. The molecule has 0 bridgehead atoms. The second-order valence-corrected chi connectivity index (χ2v) is 4.92. The third-order valence-electron chi connectivity index (χ3n) is 2.35. The fraction of sp³-hybridized carbons (Fsp3) is 0.727. The fourth-order valence-corrected chi connectivity index (χ4v) is 2.17. The van der Waals surface area contributed by atoms with Crippen LogP contribution in [0.2, 0.25) is 0 Å². The maximum Gasteiger partial charge on any atom is 0.107 e. The van der Waals surface area contributed by atoms with E-state index >= 15 is 0 Å². The van der Waals surface area contributed by atoms with Gasteiger partial charge in [-0.25, -0.2) is 4.98 Å². The van der Waals surface area contributed by atoms with Crippen LogP contribution in [-0.2, 0) is 13.0 Å². The number of aromatic nitrogens is 1. The van der Waals surface area contributed by atoms with Crippen LogP contribution in [0.25, 0.3) is 0 Å². The van der Waals surface area contributed by atoms with Gasteiger partial charge in [0.25, 0.3) is 0 Å². The molecule has 0 aromatic carbocycles. The molecule has 1 heterocycles. The fourth-order valence-electron chi connectivity index (χ4n) is 1.35. The average molecular weight is 228 g/mol. The number of aliphatic hydroxyl groups is 1. The van der Waals surface area contributed by atoms with E-state index in [0.29, 0.717) is 6.04 Å². The molecule has 0 radical (unpaired) electrons. The maximum atomic E-state index is 8.70. The molecule has 3 nitrogen and oxygen atoms in total. The molecule has 2 N–H and O–H groups in total. The van der Waals surface area contributed by atoms with Crippen molar-refractivity contribution < 1.29 is 5.11 Å². The molecule has 1 aromatic heterocycles. The highest BCUT2D eigenvalue weighted by molar-refractivity contribution is 7.11. The molecule has 0 aliphatic rings. The standard InChI is InChI=1S/C11H20N2OS/c1-3-10-7-13-11(15-10)8-12-9(2)5-4-6-14/h7,9,12,14H,3-6,8H2,1-2H3. The van der Waals surface area contributed by atoms with Crippen LogP contribution in [0, 0.1) is 0 Å². The number of hydrogen-bond donors (Lipinski definition) is 2. The van der Waals surface area contributed by atoms with Crippen molar-refractivity contribution in [2.24, 2.45) is 0 Å². The zero-order valence-corrected chi connectivity index (χ0v) is 10.3. The van der Waals surface area contributed by atoms with Crippen molar-refractivity contribution in [3.8, 4) is 0 Å². The topological polar surface area (TPSA) is 45.2 Å². The Morgan fingerprint density at radius 3 is 3.00 bits per heavy atom. The molecule has 0 aliphatic carbocycles. The SMILES string of the molecule is CCc1cnc(CNC(C)CCCO)s1. The lowest BCUT2D eigenvalue weighted by Gasteiger charge is -2.11. The predicted octanol–water partition coefficient (Wildman–Crippen LogP) is 1.96. The number of rotatable bonds is 7. The first-order valence-electron chi connectivity index (χ1n) is 5.54. The molecule has 4 heteroatoms. The minimum Gasteiger partial charge on any atom is -0.396 e. The van der Waals surface area contributed by atoms with Gasteiger partial charge in [0.2, 0.25) is 0 Å². The van der Waals surface area contributed by atoms with Gasteiger partial charge in [0.15, 0.2) is 0 Å². The van der Waals surface area contributed by atoms with Crippen LogP contribution in [0.5, 0.6) is 0 Å². The van der Waals surface area contributed by atoms with Crippen LogP contribution < -0.4 is 5.32 Å². The monoisotopic (exact) mass is 228 g/mol. The van der Waals surface area contributed by atoms with E-state index in [9.17, 15) is 0 Å². The molecule has 0 saturated heterocycles. The summed E-state index contributed by atoms with van der Waals surface area (Å²) >= 11 is 1.78. The van der Waals surface area contributed by atoms with E-state index < -0.39 is 0 Å². The smallest absolute Gasteiger partial charge is 0.107 e. The van der Waals surface area contributed by atoms with Gasteiger partial charge in [-0.05, 0) is 26.2 Å². The van der Waals surface area contributed by atoms with Crippen LogP contribution >= 0.6 is 11.3 Å². The number of thiazole rings is 1. The Morgan fingerprint density at radius 2 is 2.40 bits per heavy atom. The van der Waals surface area contributed by atoms with E-state index in [-0.39, 0.29) is 6.61 Å². The molecule has 0 spiro atoms. The third-order valence-corrected chi connectivity index (χ3v) is 3.49. The van der Waals surface area contributed by atoms with Gasteiger partial charge in [0.1, 0.15) is 5.01 Å². The Hall–Kier alpha value is -0.450. The summed E-state index contributed by atoms with van der Waals surface area (Å²) in [6.45, 7) is 5.42. The van der Waals surface area contributed by atoms with E-state index in [0.717, 1.165) is 30.8 Å². The molecular weight excluding hydrogens is 208 g/mol. The van der Waals surface area contributed by atoms with Crippen molar-refractivity contribution in [1.29, 1.82) is 0 Å². The zero-order chi connectivity index (χ0) is 11.1. The van der Waals surface area contributed by atoms with Gasteiger partial charge in [-0.2, -0.15) is 0 Å². The van der Waals surface area contributed by atoms with Crippen molar-refractivity contribution in [3.63, 3.8) is 0 Å². The Morgan fingerprint density at radius 1 is 1.60 bits per heavy atom. The van der Waals surface area contributed by atoms with Crippen molar-refractivity contribution in [3.05, 3.63) is 16.1 Å². The molecule has 1 atom stereocenters. The summed E-state index contributed by atoms with van der Waals surface area (Å²) in [6, 6.07) is 0.450. The zero-order valence-electron chi connectivity index (χ0n) is 9.49. The summed E-state index contributed by atoms with van der Waals surface area (Å²) in [6.07, 6.45) is 4.91. The third kappa shape index (κ3) is 4.73. The van der Waals surface area contributed by atoms with Crippen molar-refractivity contribution in [2.75, 3.05) is 6.61 Å². The molecule has 0 saturated carbocycles. The number of hydrogen-bond acceptors (Lipinski definition) is 4. The lowest BCUT2D eigenvalue weighted by Crippen LogP contribution is -2.25. The van der Waals surface area contributed by atoms with Crippen molar-refractivity contribution in [2.45, 2.75) is 45.7 Å². The summed E-state index contributed by atoms with van der Waals surface area (Å²) < 4.78 is 0. The first-order valence-corrected chi connectivity index (χ1v) is 6.35. The lowest BCUT2D eigenvalue weighted by molar-refractivity contribution is 0.276. The van der Waals surface area contributed by atoms with Gasteiger partial charge in [0.05, 0.1) is 0 Å². The van der Waals surface area contributed by atoms with Crippen molar-refractivity contribution in [1.82, 2.24) is 10.3 Å². The predicted molar refractivity (Wildman–Crippen MR) is 64.1 cm³/mol. The van der Waals surface area contributed by atoms with Gasteiger partial charge in [-0.3, -0.25) is 0 Å². The number of nitrogens with one attached hydrogen (secondary N) is 1. The average Bonchev–Trinajstić information content (AvgIpc) is 2.71. The van der Waals surface area contributed by atoms with Crippen LogP contribution in [0.15, 0.2) is 6.20 Å². The quantitative estimate of drug-likeness (QED) is 0.750. The minimum absolute atomic E-state index is 0.281. The van der Waals surface area contributed by atoms with E-state index in [4.69, 9.17) is 5.11 Å². The Kier molecular flexibility index (Phi) is 5.83. The van der Waals surface area contributed by atoms with E-state index in [1.54, 1.807) is 11.3 Å². The highest BCUT2D eigenvalue weighted by Gasteiger charge is 2.03. The van der Waals surface area contributed by atoms with Gasteiger partial charge >= 0.3 is 0 Å². The van der Waals surface area contributed by atoms with Gasteiger partial charge < -0.3 is 10.4 Å². The van der Waals surface area contributed by atoms with E-state index in [2.05, 4.69) is 24.1 Å². The van der Waals surface area contributed by atoms with E-state index in [1.165, 1.54) is 4.88 Å². The molecule has 1 unspecified atom stereocenters. The number of aliphatic hydroxyl groups excluding tert-OH is 1. The second-order valence-electron chi connectivity index (χ2n) is 3.72. The molecule has 86 valence electrons. The number of nitrogens with zero attached hydrogens (tertiary/aromatic N) is 1. The maximum absolute atomic E-state index is 8.70. The normalized spacial score (nSPS) is 13.0. The van der Waals surface area contributed by atoms with Crippen LogP contribution in [-0.4, -0.2) is 22.7 Å². The highest BCUT2D eigenvalue weighted by atomic mass is 32.1. The molecule has 1 aromatic rings. The van der Waals surface area contributed by atoms with Crippen LogP contribution in [0.1, 0.15) is 36.6 Å². The molecule has 1 rings (SSSR count). The molecule has 15 heavy (non-hydrogen) atoms. The molecule has 0 fully saturated rings. The van der Waals surface area contributed by atoms with Crippen molar-refractivity contribution >= 4 is 11.3 Å². The summed E-state index contributed by atoms with van der Waals surface area (Å²) in [7, 11) is 0. The van der Waals surface area contributed by atoms with Crippen LogP contribution in [0.4, 0.5) is 0 Å². The van der Waals surface area contributed by atoms with Crippen LogP contribution in [0.3, 0.4) is 0 Å².